The van der Waals surface area contributed by atoms with E-state index in [4.69, 9.17) is 8.37 Å². The smallest absolute Gasteiger partial charge is 0.421 e. The maximum Gasteiger partial charge on any atom is 0.421 e. The first-order valence-electron chi connectivity index (χ1n) is 11.8. The third kappa shape index (κ3) is 5.91. The molecular formula is C26H24F6O5S2. The van der Waals surface area contributed by atoms with Crippen LogP contribution in [0.1, 0.15) is 25.7 Å². The first-order valence-corrected chi connectivity index (χ1v) is 14.7. The van der Waals surface area contributed by atoms with Crippen molar-refractivity contribution in [1.82, 2.24) is 0 Å². The van der Waals surface area contributed by atoms with Crippen LogP contribution < -0.4 is 4.74 Å². The van der Waals surface area contributed by atoms with Gasteiger partial charge in [-0.3, -0.25) is 0 Å². The number of benzene rings is 3. The second-order valence-corrected chi connectivity index (χ2v) is 13.4. The molecule has 2 atom stereocenters. The molecule has 0 amide bonds. The number of hydrogen-bond acceptors (Lipinski definition) is 5. The van der Waals surface area contributed by atoms with Crippen molar-refractivity contribution in [3.8, 4) is 5.75 Å². The second-order valence-electron chi connectivity index (χ2n) is 8.85. The van der Waals surface area contributed by atoms with Gasteiger partial charge in [-0.1, -0.05) is 18.2 Å². The maximum absolute atomic E-state index is 14.8. The first kappa shape index (κ1) is 29.2. The molecule has 39 heavy (non-hydrogen) atoms. The lowest BCUT2D eigenvalue weighted by Crippen LogP contribution is -2.50. The molecule has 0 radical (unpaired) electrons. The first-order chi connectivity index (χ1) is 18.3. The summed E-state index contributed by atoms with van der Waals surface area (Å²) in [6, 6.07) is 16.9. The molecule has 1 fully saturated rings. The summed E-state index contributed by atoms with van der Waals surface area (Å²) in [5.74, 6) is -0.326. The summed E-state index contributed by atoms with van der Waals surface area (Å²) in [6.07, 6.45) is -6.88. The molecule has 3 aromatic carbocycles. The SMILES string of the molecule is O=S(=O)(OS(c1ccccc1)(c1ccc(F)cc1)c1ccc(OC2CCCC2)cc1)C(F)(F)C(O)C(F)(F)F. The van der Waals surface area contributed by atoms with Crippen molar-refractivity contribution in [2.75, 3.05) is 0 Å². The molecule has 0 saturated heterocycles. The van der Waals surface area contributed by atoms with E-state index in [-0.39, 0.29) is 20.8 Å². The van der Waals surface area contributed by atoms with Crippen molar-refractivity contribution < 1.29 is 48.2 Å². The zero-order valence-electron chi connectivity index (χ0n) is 20.2. The summed E-state index contributed by atoms with van der Waals surface area (Å²) in [5.41, 5.74) is 0. The van der Waals surface area contributed by atoms with E-state index in [0.717, 1.165) is 49.9 Å². The van der Waals surface area contributed by atoms with Gasteiger partial charge in [0.25, 0.3) is 0 Å². The summed E-state index contributed by atoms with van der Waals surface area (Å²) in [7, 11) is -10.3. The minimum Gasteiger partial charge on any atom is -0.490 e. The van der Waals surface area contributed by atoms with E-state index in [1.807, 2.05) is 0 Å². The van der Waals surface area contributed by atoms with Crippen LogP contribution >= 0.6 is 10.3 Å². The predicted octanol–water partition coefficient (Wildman–Crippen LogP) is 7.21. The Kier molecular flexibility index (Phi) is 8.27. The van der Waals surface area contributed by atoms with Crippen LogP contribution in [0.2, 0.25) is 0 Å². The Morgan fingerprint density at radius 3 is 1.77 bits per heavy atom. The van der Waals surface area contributed by atoms with Gasteiger partial charge in [0, 0.05) is 14.7 Å². The number of alkyl halides is 5. The van der Waals surface area contributed by atoms with Crippen molar-refractivity contribution in [2.24, 2.45) is 0 Å². The largest absolute Gasteiger partial charge is 0.490 e. The Morgan fingerprint density at radius 1 is 0.769 bits per heavy atom. The van der Waals surface area contributed by atoms with Gasteiger partial charge in [0.05, 0.1) is 6.10 Å². The van der Waals surface area contributed by atoms with Gasteiger partial charge in [-0.15, -0.1) is 0 Å². The molecule has 1 saturated carbocycles. The average Bonchev–Trinajstić information content (AvgIpc) is 3.41. The van der Waals surface area contributed by atoms with Crippen LogP contribution in [0, 0.1) is 5.82 Å². The molecule has 13 heteroatoms. The number of aliphatic hydroxyl groups is 1. The Balaban J connectivity index is 1.90. The van der Waals surface area contributed by atoms with Crippen molar-refractivity contribution in [3.63, 3.8) is 0 Å². The van der Waals surface area contributed by atoms with Crippen LogP contribution in [0.25, 0.3) is 0 Å². The molecule has 0 aliphatic heterocycles. The minimum atomic E-state index is -6.47. The van der Waals surface area contributed by atoms with Crippen molar-refractivity contribution in [1.29, 1.82) is 0 Å². The van der Waals surface area contributed by atoms with E-state index < -0.39 is 43.8 Å². The van der Waals surface area contributed by atoms with E-state index in [2.05, 4.69) is 0 Å². The highest BCUT2D eigenvalue weighted by molar-refractivity contribution is 8.33. The Morgan fingerprint density at radius 2 is 1.26 bits per heavy atom. The summed E-state index contributed by atoms with van der Waals surface area (Å²) in [4.78, 5) is -0.0812. The zero-order valence-corrected chi connectivity index (χ0v) is 21.8. The average molecular weight is 595 g/mol. The van der Waals surface area contributed by atoms with Crippen LogP contribution in [-0.2, 0) is 13.7 Å². The third-order valence-corrected chi connectivity index (χ3v) is 11.4. The van der Waals surface area contributed by atoms with Crippen molar-refractivity contribution in [2.45, 2.75) is 64.0 Å². The summed E-state index contributed by atoms with van der Waals surface area (Å²) < 4.78 is 119. The van der Waals surface area contributed by atoms with Crippen LogP contribution in [0.3, 0.4) is 0 Å². The highest BCUT2D eigenvalue weighted by atomic mass is 32.3. The number of aliphatic hydroxyl groups excluding tert-OH is 1. The van der Waals surface area contributed by atoms with Gasteiger partial charge in [0.15, 0.2) is 0 Å². The second kappa shape index (κ2) is 11.0. The molecule has 0 heterocycles. The molecule has 0 aromatic heterocycles. The molecule has 212 valence electrons. The number of halogens is 6. The molecule has 0 spiro atoms. The fourth-order valence-electron chi connectivity index (χ4n) is 4.18. The van der Waals surface area contributed by atoms with E-state index >= 15 is 0 Å². The van der Waals surface area contributed by atoms with Gasteiger partial charge in [0.1, 0.15) is 11.6 Å². The maximum atomic E-state index is 14.8. The monoisotopic (exact) mass is 594 g/mol. The third-order valence-electron chi connectivity index (χ3n) is 6.13. The van der Waals surface area contributed by atoms with Crippen LogP contribution in [-0.4, -0.2) is 37.2 Å². The fourth-order valence-corrected chi connectivity index (χ4v) is 9.36. The molecule has 2 unspecified atom stereocenters. The summed E-state index contributed by atoms with van der Waals surface area (Å²) in [5, 5.41) is 3.50. The molecule has 3 aromatic rings. The standard InChI is InChI=1S/C26H24F6O5S2/c27-18-10-14-22(15-11-18)38(21-8-2-1-3-9-21,37-39(34,35)26(31,32)24(33)25(28,29)30)23-16-12-20(13-17-23)36-19-6-4-5-7-19/h1-3,8-17,19,24,33H,4-7H2. The summed E-state index contributed by atoms with van der Waals surface area (Å²) in [6.45, 7) is 0. The quantitative estimate of drug-likeness (QED) is 0.265. The van der Waals surface area contributed by atoms with Crippen LogP contribution in [0.5, 0.6) is 5.75 Å². The van der Waals surface area contributed by atoms with E-state index in [9.17, 15) is 39.9 Å². The molecule has 0 bridgehead atoms. The van der Waals surface area contributed by atoms with Gasteiger partial charge in [-0.2, -0.15) is 30.4 Å². The molecule has 1 N–H and O–H groups in total. The van der Waals surface area contributed by atoms with Crippen molar-refractivity contribution >= 4 is 20.4 Å². The van der Waals surface area contributed by atoms with Crippen LogP contribution in [0.4, 0.5) is 26.3 Å². The lowest BCUT2D eigenvalue weighted by Gasteiger charge is -2.40. The van der Waals surface area contributed by atoms with Gasteiger partial charge in [0.2, 0.25) is 6.10 Å². The van der Waals surface area contributed by atoms with Crippen molar-refractivity contribution in [3.05, 3.63) is 84.7 Å². The normalized spacial score (nSPS) is 18.3. The Hall–Kier alpha value is -2.74. The van der Waals surface area contributed by atoms with E-state index in [1.165, 1.54) is 48.5 Å². The number of hydrogen-bond donors (Lipinski definition) is 1. The summed E-state index contributed by atoms with van der Waals surface area (Å²) >= 11 is 0. The Bertz CT molecular complexity index is 1360. The van der Waals surface area contributed by atoms with E-state index in [0.29, 0.717) is 5.75 Å². The molecular weight excluding hydrogens is 570 g/mol. The molecule has 4 rings (SSSR count). The van der Waals surface area contributed by atoms with Gasteiger partial charge >= 0.3 is 21.5 Å². The predicted molar refractivity (Wildman–Crippen MR) is 132 cm³/mol. The number of ether oxygens (including phenoxy) is 1. The molecule has 5 nitrogen and oxygen atoms in total. The van der Waals surface area contributed by atoms with Gasteiger partial charge < -0.3 is 9.84 Å². The lowest BCUT2D eigenvalue weighted by atomic mass is 10.3. The lowest BCUT2D eigenvalue weighted by molar-refractivity contribution is -0.248. The molecule has 1 aliphatic rings. The number of rotatable bonds is 9. The minimum absolute atomic E-state index is 0.0000430. The highest BCUT2D eigenvalue weighted by Gasteiger charge is 2.65. The zero-order chi connectivity index (χ0) is 28.5. The van der Waals surface area contributed by atoms with E-state index in [1.54, 1.807) is 6.07 Å². The topological polar surface area (TPSA) is 72.8 Å². The molecule has 1 aliphatic carbocycles. The van der Waals surface area contributed by atoms with Crippen LogP contribution in [0.15, 0.2) is 93.5 Å². The highest BCUT2D eigenvalue weighted by Crippen LogP contribution is 2.70. The van der Waals surface area contributed by atoms with Gasteiger partial charge in [-0.25, -0.2) is 8.02 Å². The van der Waals surface area contributed by atoms with Gasteiger partial charge in [-0.05, 0) is 96.7 Å². The Labute approximate surface area is 223 Å². The fraction of sp³-hybridized carbons (Fsp3) is 0.308.